The predicted molar refractivity (Wildman–Crippen MR) is 90.3 cm³/mol. The number of nitrogens with zero attached hydrogens (tertiary/aromatic N) is 1. The minimum absolute atomic E-state index is 0.0571. The molecule has 1 saturated heterocycles. The van der Waals surface area contributed by atoms with Crippen LogP contribution < -0.4 is 0 Å². The van der Waals surface area contributed by atoms with Crippen molar-refractivity contribution < 1.29 is 14.3 Å². The maximum Gasteiger partial charge on any atom is 0.309 e. The number of carbonyl (C=O) groups excluding carboxylic acids is 2. The minimum atomic E-state index is -0.0992. The fourth-order valence-electron chi connectivity index (χ4n) is 2.82. The molecule has 0 saturated carbocycles. The summed E-state index contributed by atoms with van der Waals surface area (Å²) in [5, 5.41) is 0. The summed E-state index contributed by atoms with van der Waals surface area (Å²) in [6, 6.07) is 7.80. The summed E-state index contributed by atoms with van der Waals surface area (Å²) in [6.07, 6.45) is 4.31. The predicted octanol–water partition coefficient (Wildman–Crippen LogP) is 3.44. The van der Waals surface area contributed by atoms with Crippen molar-refractivity contribution in [1.82, 2.24) is 4.90 Å². The highest BCUT2D eigenvalue weighted by Crippen LogP contribution is 2.20. The maximum atomic E-state index is 12.5. The van der Waals surface area contributed by atoms with Crippen LogP contribution in [-0.2, 0) is 16.0 Å². The summed E-state index contributed by atoms with van der Waals surface area (Å²) in [5.41, 5.74) is 1.96. The maximum absolute atomic E-state index is 12.5. The Kier molecular flexibility index (Phi) is 6.63. The average Bonchev–Trinajstić information content (AvgIpc) is 2.61. The highest BCUT2D eigenvalue weighted by atomic mass is 16.5. The van der Waals surface area contributed by atoms with Gasteiger partial charge >= 0.3 is 5.97 Å². The molecule has 0 N–H and O–H groups in total. The molecule has 0 atom stereocenters. The van der Waals surface area contributed by atoms with Gasteiger partial charge in [0.05, 0.1) is 12.5 Å². The van der Waals surface area contributed by atoms with E-state index in [1.54, 1.807) is 0 Å². The number of esters is 1. The van der Waals surface area contributed by atoms with Gasteiger partial charge in [0.25, 0.3) is 5.91 Å². The first-order valence-electron chi connectivity index (χ1n) is 8.70. The van der Waals surface area contributed by atoms with Crippen LogP contribution in [0.15, 0.2) is 24.3 Å². The number of unbranched alkanes of at least 4 members (excludes halogenated alkanes) is 1. The summed E-state index contributed by atoms with van der Waals surface area (Å²) in [5.74, 6) is -0.0957. The van der Waals surface area contributed by atoms with E-state index >= 15 is 0 Å². The lowest BCUT2D eigenvalue weighted by atomic mass is 9.96. The number of piperidine rings is 1. The molecule has 126 valence electrons. The second kappa shape index (κ2) is 8.70. The van der Waals surface area contributed by atoms with Gasteiger partial charge in [-0.05, 0) is 43.4 Å². The van der Waals surface area contributed by atoms with E-state index in [0.717, 1.165) is 24.8 Å². The van der Waals surface area contributed by atoms with Crippen LogP contribution in [0.2, 0.25) is 0 Å². The lowest BCUT2D eigenvalue weighted by molar-refractivity contribution is -0.150. The number of likely N-dealkylation sites (tertiary alicyclic amines) is 1. The molecule has 0 radical (unpaired) electrons. The highest BCUT2D eigenvalue weighted by Gasteiger charge is 2.28. The molecule has 0 aromatic heterocycles. The van der Waals surface area contributed by atoms with Crippen molar-refractivity contribution in [1.29, 1.82) is 0 Å². The van der Waals surface area contributed by atoms with Gasteiger partial charge in [0.2, 0.25) is 0 Å². The molecule has 4 heteroatoms. The lowest BCUT2D eigenvalue weighted by Crippen LogP contribution is -2.40. The molecule has 0 spiro atoms. The molecular formula is C19H27NO3. The highest BCUT2D eigenvalue weighted by molar-refractivity contribution is 5.94. The van der Waals surface area contributed by atoms with Crippen LogP contribution in [0.1, 0.15) is 55.5 Å². The Morgan fingerprint density at radius 3 is 2.35 bits per heavy atom. The molecular weight excluding hydrogens is 290 g/mol. The molecule has 23 heavy (non-hydrogen) atoms. The van der Waals surface area contributed by atoms with E-state index in [1.807, 2.05) is 29.2 Å². The number of amides is 1. The molecule has 1 aliphatic heterocycles. The number of aryl methyl sites for hydroxylation is 1. The van der Waals surface area contributed by atoms with Gasteiger partial charge in [0.15, 0.2) is 0 Å². The fraction of sp³-hybridized carbons (Fsp3) is 0.579. The quantitative estimate of drug-likeness (QED) is 0.596. The third kappa shape index (κ3) is 4.81. The van der Waals surface area contributed by atoms with Gasteiger partial charge in [-0.1, -0.05) is 32.4 Å². The van der Waals surface area contributed by atoms with Gasteiger partial charge in [-0.25, -0.2) is 0 Å². The van der Waals surface area contributed by atoms with Crippen molar-refractivity contribution in [3.05, 3.63) is 35.4 Å². The lowest BCUT2D eigenvalue weighted by Gasteiger charge is -2.31. The van der Waals surface area contributed by atoms with E-state index in [9.17, 15) is 9.59 Å². The van der Waals surface area contributed by atoms with Gasteiger partial charge < -0.3 is 9.64 Å². The largest absolute Gasteiger partial charge is 0.465 e. The fourth-order valence-corrected chi connectivity index (χ4v) is 2.82. The van der Waals surface area contributed by atoms with E-state index in [1.165, 1.54) is 5.56 Å². The number of hydrogen-bond acceptors (Lipinski definition) is 3. The van der Waals surface area contributed by atoms with Gasteiger partial charge in [0, 0.05) is 18.7 Å². The van der Waals surface area contributed by atoms with Gasteiger partial charge in [-0.3, -0.25) is 9.59 Å². The van der Waals surface area contributed by atoms with Crippen molar-refractivity contribution in [3.63, 3.8) is 0 Å². The third-order valence-corrected chi connectivity index (χ3v) is 4.47. The molecule has 1 aliphatic rings. The number of carbonyl (C=O) groups is 2. The zero-order valence-electron chi connectivity index (χ0n) is 14.2. The Balaban J connectivity index is 1.83. The summed E-state index contributed by atoms with van der Waals surface area (Å²) in [4.78, 5) is 26.3. The summed E-state index contributed by atoms with van der Waals surface area (Å²) in [7, 11) is 0. The Morgan fingerprint density at radius 1 is 1.13 bits per heavy atom. The number of hydrogen-bond donors (Lipinski definition) is 0. The van der Waals surface area contributed by atoms with E-state index < -0.39 is 0 Å². The van der Waals surface area contributed by atoms with Crippen molar-refractivity contribution in [3.8, 4) is 0 Å². The van der Waals surface area contributed by atoms with Crippen LogP contribution in [0, 0.1) is 5.92 Å². The Bertz CT molecular complexity index is 516. The second-order valence-electron chi connectivity index (χ2n) is 6.14. The molecule has 0 bridgehead atoms. The number of ether oxygens (including phenoxy) is 1. The molecule has 0 unspecified atom stereocenters. The topological polar surface area (TPSA) is 46.6 Å². The van der Waals surface area contributed by atoms with Crippen LogP contribution in [0.5, 0.6) is 0 Å². The average molecular weight is 317 g/mol. The van der Waals surface area contributed by atoms with Crippen LogP contribution in [0.25, 0.3) is 0 Å². The first-order valence-corrected chi connectivity index (χ1v) is 8.70. The van der Waals surface area contributed by atoms with Crippen molar-refractivity contribution >= 4 is 11.9 Å². The van der Waals surface area contributed by atoms with Crippen LogP contribution in [0.4, 0.5) is 0 Å². The number of rotatable bonds is 6. The van der Waals surface area contributed by atoms with Crippen molar-refractivity contribution in [2.75, 3.05) is 19.7 Å². The van der Waals surface area contributed by atoms with Crippen LogP contribution in [0.3, 0.4) is 0 Å². The summed E-state index contributed by atoms with van der Waals surface area (Å²) >= 11 is 0. The molecule has 1 aromatic carbocycles. The van der Waals surface area contributed by atoms with Gasteiger partial charge in [0.1, 0.15) is 0 Å². The Hall–Kier alpha value is -1.84. The minimum Gasteiger partial charge on any atom is -0.465 e. The Morgan fingerprint density at radius 2 is 1.78 bits per heavy atom. The van der Waals surface area contributed by atoms with E-state index in [4.69, 9.17) is 4.74 Å². The summed E-state index contributed by atoms with van der Waals surface area (Å²) in [6.45, 7) is 5.94. The molecule has 1 heterocycles. The first kappa shape index (κ1) is 17.5. The van der Waals surface area contributed by atoms with Crippen LogP contribution in [-0.4, -0.2) is 36.5 Å². The standard InChI is InChI=1S/C19H27NO3/c1-3-5-14-23-19(22)17-10-12-20(13-11-17)18(21)16-8-6-15(4-2)7-9-16/h6-9,17H,3-5,10-14H2,1-2H3. The molecule has 1 aromatic rings. The van der Waals surface area contributed by atoms with Gasteiger partial charge in [-0.15, -0.1) is 0 Å². The zero-order chi connectivity index (χ0) is 16.7. The Labute approximate surface area is 138 Å². The first-order chi connectivity index (χ1) is 11.2. The summed E-state index contributed by atoms with van der Waals surface area (Å²) < 4.78 is 5.29. The smallest absolute Gasteiger partial charge is 0.309 e. The van der Waals surface area contributed by atoms with Gasteiger partial charge in [-0.2, -0.15) is 0 Å². The zero-order valence-corrected chi connectivity index (χ0v) is 14.2. The van der Waals surface area contributed by atoms with E-state index in [2.05, 4.69) is 13.8 Å². The normalized spacial score (nSPS) is 15.5. The molecule has 0 aliphatic carbocycles. The molecule has 4 nitrogen and oxygen atoms in total. The SMILES string of the molecule is CCCCOC(=O)C1CCN(C(=O)c2ccc(CC)cc2)CC1. The molecule has 1 amide bonds. The monoisotopic (exact) mass is 317 g/mol. The third-order valence-electron chi connectivity index (χ3n) is 4.47. The molecule has 1 fully saturated rings. The van der Waals surface area contributed by atoms with E-state index in [0.29, 0.717) is 32.5 Å². The van der Waals surface area contributed by atoms with Crippen LogP contribution >= 0.6 is 0 Å². The van der Waals surface area contributed by atoms with Crippen molar-refractivity contribution in [2.45, 2.75) is 46.0 Å². The van der Waals surface area contributed by atoms with E-state index in [-0.39, 0.29) is 17.8 Å². The van der Waals surface area contributed by atoms with Crippen molar-refractivity contribution in [2.24, 2.45) is 5.92 Å². The second-order valence-corrected chi connectivity index (χ2v) is 6.14. The number of benzene rings is 1. The molecule has 2 rings (SSSR count).